The van der Waals surface area contributed by atoms with Crippen LogP contribution in [0, 0.1) is 10.1 Å². The van der Waals surface area contributed by atoms with E-state index in [2.05, 4.69) is 5.32 Å². The van der Waals surface area contributed by atoms with Crippen molar-refractivity contribution >= 4 is 21.4 Å². The number of rotatable bonds is 8. The number of carbonyl (C=O) groups excluding carboxylic acids is 1. The van der Waals surface area contributed by atoms with E-state index in [0.717, 1.165) is 41.1 Å². The van der Waals surface area contributed by atoms with Crippen molar-refractivity contribution in [3.63, 3.8) is 0 Å². The summed E-state index contributed by atoms with van der Waals surface area (Å²) in [7, 11) is -3.75. The SMILES string of the molecule is CS(=O)(=O)c1cc(C(=O)NCc2cn(Cc3ccccc3)nc2-c2ccccc2)cc([N+](=O)[O-])c1. The second kappa shape index (κ2) is 9.90. The van der Waals surface area contributed by atoms with E-state index in [9.17, 15) is 23.3 Å². The molecule has 0 saturated heterocycles. The van der Waals surface area contributed by atoms with E-state index in [4.69, 9.17) is 5.10 Å². The van der Waals surface area contributed by atoms with Crippen molar-refractivity contribution in [2.24, 2.45) is 0 Å². The molecule has 0 spiro atoms. The predicted octanol–water partition coefficient (Wildman–Crippen LogP) is 3.84. The van der Waals surface area contributed by atoms with Gasteiger partial charge in [0.2, 0.25) is 0 Å². The van der Waals surface area contributed by atoms with Crippen LogP contribution in [-0.4, -0.2) is 35.3 Å². The van der Waals surface area contributed by atoms with Gasteiger partial charge < -0.3 is 5.32 Å². The highest BCUT2D eigenvalue weighted by atomic mass is 32.2. The summed E-state index contributed by atoms with van der Waals surface area (Å²) in [6.07, 6.45) is 2.77. The maximum absolute atomic E-state index is 12.9. The molecule has 35 heavy (non-hydrogen) atoms. The topological polar surface area (TPSA) is 124 Å². The lowest BCUT2D eigenvalue weighted by Gasteiger charge is -2.07. The molecule has 0 bridgehead atoms. The molecule has 0 radical (unpaired) electrons. The van der Waals surface area contributed by atoms with Crippen molar-refractivity contribution in [2.45, 2.75) is 18.0 Å². The summed E-state index contributed by atoms with van der Waals surface area (Å²) in [5, 5.41) is 18.7. The summed E-state index contributed by atoms with van der Waals surface area (Å²) in [6, 6.07) is 22.5. The minimum Gasteiger partial charge on any atom is -0.348 e. The highest BCUT2D eigenvalue weighted by molar-refractivity contribution is 7.90. The molecule has 0 fully saturated rings. The quantitative estimate of drug-likeness (QED) is 0.296. The number of hydrogen-bond donors (Lipinski definition) is 1. The molecule has 1 heterocycles. The Hall–Kier alpha value is -4.31. The van der Waals surface area contributed by atoms with E-state index in [1.54, 1.807) is 4.68 Å². The third-order valence-corrected chi connectivity index (χ3v) is 6.40. The maximum Gasteiger partial charge on any atom is 0.271 e. The maximum atomic E-state index is 12.9. The first-order chi connectivity index (χ1) is 16.7. The second-order valence-corrected chi connectivity index (χ2v) is 10.00. The molecule has 4 aromatic rings. The summed E-state index contributed by atoms with van der Waals surface area (Å²) < 4.78 is 25.7. The molecular formula is C25H22N4O5S. The summed E-state index contributed by atoms with van der Waals surface area (Å²) in [6.45, 7) is 0.631. The third-order valence-electron chi connectivity index (χ3n) is 5.30. The van der Waals surface area contributed by atoms with Crippen LogP contribution >= 0.6 is 0 Å². The number of aromatic nitrogens is 2. The average Bonchev–Trinajstić information content (AvgIpc) is 3.25. The number of nitro benzene ring substituents is 1. The van der Waals surface area contributed by atoms with Crippen LogP contribution in [0.5, 0.6) is 0 Å². The minimum atomic E-state index is -3.75. The van der Waals surface area contributed by atoms with Gasteiger partial charge >= 0.3 is 0 Å². The Balaban J connectivity index is 1.62. The molecule has 1 aromatic heterocycles. The second-order valence-electron chi connectivity index (χ2n) is 7.98. The zero-order valence-corrected chi connectivity index (χ0v) is 19.6. The van der Waals surface area contributed by atoms with E-state index < -0.39 is 26.4 Å². The van der Waals surface area contributed by atoms with Gasteiger partial charge in [0, 0.05) is 47.8 Å². The molecule has 10 heteroatoms. The van der Waals surface area contributed by atoms with Crippen LogP contribution in [0.2, 0.25) is 0 Å². The van der Waals surface area contributed by atoms with Gasteiger partial charge in [-0.15, -0.1) is 0 Å². The first kappa shape index (κ1) is 23.8. The summed E-state index contributed by atoms with van der Waals surface area (Å²) >= 11 is 0. The molecule has 178 valence electrons. The van der Waals surface area contributed by atoms with Crippen molar-refractivity contribution < 1.29 is 18.1 Å². The molecule has 0 atom stereocenters. The highest BCUT2D eigenvalue weighted by Gasteiger charge is 2.20. The number of benzene rings is 3. The predicted molar refractivity (Wildman–Crippen MR) is 131 cm³/mol. The molecule has 9 nitrogen and oxygen atoms in total. The van der Waals surface area contributed by atoms with Gasteiger partial charge in [0.15, 0.2) is 9.84 Å². The Bertz CT molecular complexity index is 1480. The fourth-order valence-electron chi connectivity index (χ4n) is 3.59. The van der Waals surface area contributed by atoms with E-state index in [1.165, 1.54) is 0 Å². The van der Waals surface area contributed by atoms with Crippen molar-refractivity contribution in [1.29, 1.82) is 0 Å². The number of nitro groups is 1. The highest BCUT2D eigenvalue weighted by Crippen LogP contribution is 2.24. The number of amides is 1. The molecule has 1 amide bonds. The van der Waals surface area contributed by atoms with Gasteiger partial charge in [0.1, 0.15) is 0 Å². The Kier molecular flexibility index (Phi) is 6.74. The molecule has 0 saturated carbocycles. The summed E-state index contributed by atoms with van der Waals surface area (Å²) in [4.78, 5) is 23.1. The number of nitrogens with zero attached hydrogens (tertiary/aromatic N) is 3. The molecule has 0 aliphatic carbocycles. The van der Waals surface area contributed by atoms with Gasteiger partial charge in [-0.1, -0.05) is 60.7 Å². The first-order valence-corrected chi connectivity index (χ1v) is 12.5. The third kappa shape index (κ3) is 5.79. The Morgan fingerprint density at radius 2 is 1.69 bits per heavy atom. The normalized spacial score (nSPS) is 11.2. The number of nitrogens with one attached hydrogen (secondary N) is 1. The van der Waals surface area contributed by atoms with Crippen molar-refractivity contribution in [3.05, 3.63) is 112 Å². The van der Waals surface area contributed by atoms with Gasteiger partial charge in [0.25, 0.3) is 11.6 Å². The van der Waals surface area contributed by atoms with E-state index in [1.807, 2.05) is 66.9 Å². The van der Waals surface area contributed by atoms with Crippen LogP contribution < -0.4 is 5.32 Å². The van der Waals surface area contributed by atoms with E-state index >= 15 is 0 Å². The molecule has 0 unspecified atom stereocenters. The summed E-state index contributed by atoms with van der Waals surface area (Å²) in [5.74, 6) is -0.631. The zero-order chi connectivity index (χ0) is 25.0. The fourth-order valence-corrected chi connectivity index (χ4v) is 4.27. The van der Waals surface area contributed by atoms with Crippen LogP contribution in [-0.2, 0) is 22.9 Å². The molecule has 0 aliphatic heterocycles. The fraction of sp³-hybridized carbons (Fsp3) is 0.120. The number of non-ortho nitro benzene ring substituents is 1. The van der Waals surface area contributed by atoms with Gasteiger partial charge in [-0.2, -0.15) is 5.10 Å². The lowest BCUT2D eigenvalue weighted by atomic mass is 10.1. The van der Waals surface area contributed by atoms with Crippen molar-refractivity contribution in [2.75, 3.05) is 6.26 Å². The van der Waals surface area contributed by atoms with Gasteiger partial charge in [-0.3, -0.25) is 19.6 Å². The molecule has 1 N–H and O–H groups in total. The van der Waals surface area contributed by atoms with Gasteiger partial charge in [0.05, 0.1) is 22.1 Å². The zero-order valence-electron chi connectivity index (χ0n) is 18.8. The van der Waals surface area contributed by atoms with Crippen LogP contribution in [0.1, 0.15) is 21.5 Å². The first-order valence-electron chi connectivity index (χ1n) is 10.6. The average molecular weight is 491 g/mol. The Morgan fingerprint density at radius 1 is 1.03 bits per heavy atom. The molecule has 3 aromatic carbocycles. The molecule has 4 rings (SSSR count). The standard InChI is InChI=1S/C25H22N4O5S/c1-35(33,34)23-13-20(12-22(14-23)29(31)32)25(30)26-15-21-17-28(16-18-8-4-2-5-9-18)27-24(21)19-10-6-3-7-11-19/h2-14,17H,15-16H2,1H3,(H,26,30). The number of hydrogen-bond acceptors (Lipinski definition) is 6. The van der Waals surface area contributed by atoms with E-state index in [-0.39, 0.29) is 17.0 Å². The monoisotopic (exact) mass is 490 g/mol. The lowest BCUT2D eigenvalue weighted by Crippen LogP contribution is -2.23. The van der Waals surface area contributed by atoms with Crippen LogP contribution in [0.3, 0.4) is 0 Å². The van der Waals surface area contributed by atoms with Crippen LogP contribution in [0.15, 0.2) is 90.0 Å². The minimum absolute atomic E-state index is 0.0920. The van der Waals surface area contributed by atoms with Crippen LogP contribution in [0.25, 0.3) is 11.3 Å². The molecule has 0 aliphatic rings. The van der Waals surface area contributed by atoms with Crippen molar-refractivity contribution in [3.8, 4) is 11.3 Å². The lowest BCUT2D eigenvalue weighted by molar-refractivity contribution is -0.385. The largest absolute Gasteiger partial charge is 0.348 e. The van der Waals surface area contributed by atoms with Gasteiger partial charge in [-0.25, -0.2) is 8.42 Å². The Morgan fingerprint density at radius 3 is 2.31 bits per heavy atom. The number of carbonyl (C=O) groups is 1. The summed E-state index contributed by atoms with van der Waals surface area (Å²) in [5.41, 5.74) is 2.79. The molecular weight excluding hydrogens is 468 g/mol. The number of sulfone groups is 1. The Labute approximate surface area is 202 Å². The van der Waals surface area contributed by atoms with Crippen molar-refractivity contribution in [1.82, 2.24) is 15.1 Å². The van der Waals surface area contributed by atoms with Crippen LogP contribution in [0.4, 0.5) is 5.69 Å². The van der Waals surface area contributed by atoms with E-state index in [0.29, 0.717) is 12.2 Å². The smallest absolute Gasteiger partial charge is 0.271 e. The van der Waals surface area contributed by atoms with Gasteiger partial charge in [-0.05, 0) is 11.6 Å².